The first-order valence-electron chi connectivity index (χ1n) is 10.1. The maximum Gasteiger partial charge on any atom is 0.191 e. The zero-order valence-electron chi connectivity index (χ0n) is 17.8. The van der Waals surface area contributed by atoms with Crippen molar-refractivity contribution in [3.63, 3.8) is 0 Å². The molecule has 32 heavy (non-hydrogen) atoms. The Labute approximate surface area is 195 Å². The third kappa shape index (κ3) is 5.15. The fourth-order valence-corrected chi connectivity index (χ4v) is 4.28. The molecule has 0 saturated carbocycles. The number of benzene rings is 2. The third-order valence-electron chi connectivity index (χ3n) is 4.85. The van der Waals surface area contributed by atoms with Gasteiger partial charge in [-0.05, 0) is 42.8 Å². The summed E-state index contributed by atoms with van der Waals surface area (Å²) in [5.74, 6) is 2.88. The lowest BCUT2D eigenvalue weighted by Crippen LogP contribution is -2.05. The van der Waals surface area contributed by atoms with Crippen LogP contribution < -0.4 is 4.74 Å². The van der Waals surface area contributed by atoms with Gasteiger partial charge in [-0.15, -0.1) is 10.2 Å². The third-order valence-corrected chi connectivity index (χ3v) is 6.17. The highest BCUT2D eigenvalue weighted by molar-refractivity contribution is 7.98. The number of halogens is 1. The van der Waals surface area contributed by atoms with Crippen LogP contribution in [-0.4, -0.2) is 40.7 Å². The molecule has 0 radical (unpaired) electrons. The van der Waals surface area contributed by atoms with Crippen molar-refractivity contribution in [3.8, 4) is 28.4 Å². The number of hydrogen-bond acceptors (Lipinski definition) is 7. The van der Waals surface area contributed by atoms with E-state index in [0.717, 1.165) is 52.3 Å². The van der Waals surface area contributed by atoms with Gasteiger partial charge in [0.15, 0.2) is 11.0 Å². The summed E-state index contributed by atoms with van der Waals surface area (Å²) in [6.07, 6.45) is 0.837. The van der Waals surface area contributed by atoms with Crippen LogP contribution in [0.5, 0.6) is 5.75 Å². The van der Waals surface area contributed by atoms with E-state index in [1.807, 2.05) is 54.6 Å². The van der Waals surface area contributed by atoms with Crippen LogP contribution in [0.15, 0.2) is 64.3 Å². The van der Waals surface area contributed by atoms with Crippen LogP contribution in [0.25, 0.3) is 22.6 Å². The Hall–Kier alpha value is -2.81. The van der Waals surface area contributed by atoms with E-state index in [9.17, 15) is 0 Å². The summed E-state index contributed by atoms with van der Waals surface area (Å²) >= 11 is 7.96. The molecule has 0 fully saturated rings. The molecule has 0 amide bonds. The molecule has 4 aromatic rings. The van der Waals surface area contributed by atoms with Crippen LogP contribution in [0, 0.1) is 0 Å². The van der Waals surface area contributed by atoms with Gasteiger partial charge in [0.2, 0.25) is 0 Å². The Morgan fingerprint density at radius 3 is 2.62 bits per heavy atom. The van der Waals surface area contributed by atoms with Crippen LogP contribution in [0.4, 0.5) is 0 Å². The molecule has 0 aliphatic carbocycles. The van der Waals surface area contributed by atoms with E-state index in [1.54, 1.807) is 26.0 Å². The first-order valence-corrected chi connectivity index (χ1v) is 11.5. The van der Waals surface area contributed by atoms with E-state index >= 15 is 0 Å². The van der Waals surface area contributed by atoms with E-state index in [0.29, 0.717) is 17.4 Å². The molecule has 0 bridgehead atoms. The van der Waals surface area contributed by atoms with Gasteiger partial charge in [-0.2, -0.15) is 0 Å². The molecule has 0 aliphatic rings. The first kappa shape index (κ1) is 22.4. The van der Waals surface area contributed by atoms with Crippen LogP contribution in [0.1, 0.15) is 12.2 Å². The standard InChI is InChI=1S/C23H23ClN4O3S/c1-29-13-5-12-28-22(19-6-3-4-7-20(19)24)25-26-23(28)32-15-18-14-21(27-31-18)16-8-10-17(30-2)11-9-16/h3-4,6-11,14H,5,12-13,15H2,1-2H3. The van der Waals surface area contributed by atoms with Crippen molar-refractivity contribution in [1.29, 1.82) is 0 Å². The largest absolute Gasteiger partial charge is 0.497 e. The van der Waals surface area contributed by atoms with Gasteiger partial charge in [0.05, 0.1) is 17.9 Å². The highest BCUT2D eigenvalue weighted by Gasteiger charge is 2.17. The van der Waals surface area contributed by atoms with E-state index < -0.39 is 0 Å². The Morgan fingerprint density at radius 2 is 1.88 bits per heavy atom. The minimum atomic E-state index is 0.577. The smallest absolute Gasteiger partial charge is 0.191 e. The summed E-state index contributed by atoms with van der Waals surface area (Å²) < 4.78 is 18.0. The Kier molecular flexibility index (Phi) is 7.47. The second-order valence-electron chi connectivity index (χ2n) is 6.98. The lowest BCUT2D eigenvalue weighted by molar-refractivity contribution is 0.189. The molecule has 0 spiro atoms. The molecule has 0 saturated heterocycles. The van der Waals surface area contributed by atoms with Crippen molar-refractivity contribution in [3.05, 3.63) is 65.4 Å². The van der Waals surface area contributed by atoms with Crippen molar-refractivity contribution < 1.29 is 14.0 Å². The van der Waals surface area contributed by atoms with Gasteiger partial charge in [-0.3, -0.25) is 0 Å². The van der Waals surface area contributed by atoms with Gasteiger partial charge in [-0.1, -0.05) is 40.7 Å². The molecule has 0 atom stereocenters. The van der Waals surface area contributed by atoms with Crippen molar-refractivity contribution in [2.75, 3.05) is 20.8 Å². The fourth-order valence-electron chi connectivity index (χ4n) is 3.22. The maximum absolute atomic E-state index is 6.41. The maximum atomic E-state index is 6.41. The van der Waals surface area contributed by atoms with Crippen molar-refractivity contribution in [2.45, 2.75) is 23.9 Å². The summed E-state index contributed by atoms with van der Waals surface area (Å²) in [7, 11) is 3.34. The second-order valence-corrected chi connectivity index (χ2v) is 8.33. The quantitative estimate of drug-likeness (QED) is 0.221. The molecule has 2 aromatic carbocycles. The molecule has 4 rings (SSSR count). The van der Waals surface area contributed by atoms with Gasteiger partial charge in [-0.25, -0.2) is 0 Å². The van der Waals surface area contributed by atoms with Crippen LogP contribution in [-0.2, 0) is 17.0 Å². The summed E-state index contributed by atoms with van der Waals surface area (Å²) in [6, 6.07) is 17.3. The molecule has 7 nitrogen and oxygen atoms in total. The molecule has 0 unspecified atom stereocenters. The highest BCUT2D eigenvalue weighted by atomic mass is 35.5. The van der Waals surface area contributed by atoms with E-state index in [1.165, 1.54) is 0 Å². The van der Waals surface area contributed by atoms with Crippen LogP contribution in [0.3, 0.4) is 0 Å². The Bertz CT molecular complexity index is 1160. The number of thioether (sulfide) groups is 1. The molecule has 0 N–H and O–H groups in total. The van der Waals surface area contributed by atoms with E-state index in [4.69, 9.17) is 25.6 Å². The molecule has 166 valence electrons. The van der Waals surface area contributed by atoms with Gasteiger partial charge in [0.1, 0.15) is 17.2 Å². The highest BCUT2D eigenvalue weighted by Crippen LogP contribution is 2.31. The van der Waals surface area contributed by atoms with Gasteiger partial charge >= 0.3 is 0 Å². The van der Waals surface area contributed by atoms with Crippen LogP contribution in [0.2, 0.25) is 5.02 Å². The monoisotopic (exact) mass is 470 g/mol. The van der Waals surface area contributed by atoms with Gasteiger partial charge in [0.25, 0.3) is 0 Å². The van der Waals surface area contributed by atoms with Gasteiger partial charge < -0.3 is 18.6 Å². The zero-order chi connectivity index (χ0) is 22.3. The van der Waals surface area contributed by atoms with Crippen molar-refractivity contribution >= 4 is 23.4 Å². The first-order chi connectivity index (χ1) is 15.7. The van der Waals surface area contributed by atoms with E-state index in [2.05, 4.69) is 19.9 Å². The Morgan fingerprint density at radius 1 is 1.06 bits per heavy atom. The van der Waals surface area contributed by atoms with Crippen molar-refractivity contribution in [2.24, 2.45) is 0 Å². The Balaban J connectivity index is 1.51. The number of rotatable bonds is 10. The summed E-state index contributed by atoms with van der Waals surface area (Å²) in [5, 5.41) is 14.5. The summed E-state index contributed by atoms with van der Waals surface area (Å²) in [6.45, 7) is 1.37. The average molecular weight is 471 g/mol. The number of methoxy groups -OCH3 is 2. The number of aromatic nitrogens is 4. The minimum Gasteiger partial charge on any atom is -0.497 e. The SMILES string of the molecule is COCCCn1c(SCc2cc(-c3ccc(OC)cc3)no2)nnc1-c1ccccc1Cl. The molecular formula is C23H23ClN4O3S. The number of nitrogens with zero attached hydrogens (tertiary/aromatic N) is 4. The predicted molar refractivity (Wildman–Crippen MR) is 125 cm³/mol. The normalized spacial score (nSPS) is 11.1. The minimum absolute atomic E-state index is 0.577. The average Bonchev–Trinajstić information content (AvgIpc) is 3.45. The lowest BCUT2D eigenvalue weighted by atomic mass is 10.1. The molecule has 0 aliphatic heterocycles. The van der Waals surface area contributed by atoms with Gasteiger partial charge in [0, 0.05) is 37.5 Å². The topological polar surface area (TPSA) is 75.2 Å². The molecule has 9 heteroatoms. The second kappa shape index (κ2) is 10.7. The summed E-state index contributed by atoms with van der Waals surface area (Å²) in [5.41, 5.74) is 2.60. The zero-order valence-corrected chi connectivity index (χ0v) is 19.4. The van der Waals surface area contributed by atoms with Crippen molar-refractivity contribution in [1.82, 2.24) is 19.9 Å². The van der Waals surface area contributed by atoms with E-state index in [-0.39, 0.29) is 0 Å². The molecule has 2 heterocycles. The number of hydrogen-bond donors (Lipinski definition) is 0. The summed E-state index contributed by atoms with van der Waals surface area (Å²) in [4.78, 5) is 0. The van der Waals surface area contributed by atoms with Crippen LogP contribution >= 0.6 is 23.4 Å². The fraction of sp³-hybridized carbons (Fsp3) is 0.261. The number of ether oxygens (including phenoxy) is 2. The lowest BCUT2D eigenvalue weighted by Gasteiger charge is -2.10. The molecule has 2 aromatic heterocycles. The predicted octanol–water partition coefficient (Wildman–Crippen LogP) is 5.59. The molecular weight excluding hydrogens is 448 g/mol.